The fraction of sp³-hybridized carbons (Fsp3) is 0. The zero-order valence-electron chi connectivity index (χ0n) is 13.1. The first-order valence-corrected chi connectivity index (χ1v) is 10.5. The van der Waals surface area contributed by atoms with Crippen molar-refractivity contribution in [3.8, 4) is 28.7 Å². The molecule has 0 bridgehead atoms. The number of aromatic hydroxyl groups is 1. The summed E-state index contributed by atoms with van der Waals surface area (Å²) >= 11 is 5.44. The lowest BCUT2D eigenvalue weighted by Gasteiger charge is -2.13. The molecule has 140 valence electrons. The van der Waals surface area contributed by atoms with Crippen molar-refractivity contribution in [2.24, 2.45) is 0 Å². The molecule has 0 atom stereocenters. The Kier molecular flexibility index (Phi) is 6.61. The van der Waals surface area contributed by atoms with Gasteiger partial charge in [0.15, 0.2) is 34.7 Å². The fourth-order valence-corrected chi connectivity index (χ4v) is 3.68. The second kappa shape index (κ2) is 8.59. The molecule has 0 unspecified atom stereocenters. The first kappa shape index (κ1) is 20.8. The van der Waals surface area contributed by atoms with Crippen LogP contribution in [0.25, 0.3) is 0 Å². The number of halogens is 6. The lowest BCUT2D eigenvalue weighted by atomic mass is 10.3. The van der Waals surface area contributed by atoms with Crippen molar-refractivity contribution < 1.29 is 27.8 Å². The van der Waals surface area contributed by atoms with Gasteiger partial charge in [0.25, 0.3) is 0 Å². The molecule has 0 amide bonds. The summed E-state index contributed by atoms with van der Waals surface area (Å²) in [6, 6.07) is 9.25. The number of ether oxygens (including phenoxy) is 2. The van der Waals surface area contributed by atoms with Gasteiger partial charge < -0.3 is 14.6 Å². The van der Waals surface area contributed by atoms with Crippen molar-refractivity contribution in [1.29, 1.82) is 0 Å². The second-order valence-corrected chi connectivity index (χ2v) is 8.69. The Hall–Kier alpha value is -0.960. The standard InChI is InChI=1S/C18H8F3I3O3/c19-9-6-14(25)12(23)7-16(9)27-18-10(20)4-8(5-13(18)24)26-15-3-1-2-11(22)17(15)21/h1-7,25H. The number of hydrogen-bond donors (Lipinski definition) is 1. The van der Waals surface area contributed by atoms with Crippen LogP contribution in [0.2, 0.25) is 0 Å². The Morgan fingerprint density at radius 2 is 1.48 bits per heavy atom. The van der Waals surface area contributed by atoms with Gasteiger partial charge in [0.1, 0.15) is 11.5 Å². The number of phenols is 1. The van der Waals surface area contributed by atoms with Crippen molar-refractivity contribution >= 4 is 67.8 Å². The van der Waals surface area contributed by atoms with Crippen LogP contribution in [0.5, 0.6) is 28.7 Å². The highest BCUT2D eigenvalue weighted by Gasteiger charge is 2.17. The molecule has 27 heavy (non-hydrogen) atoms. The number of benzene rings is 3. The molecule has 3 rings (SSSR count). The maximum Gasteiger partial charge on any atom is 0.178 e. The Balaban J connectivity index is 1.91. The van der Waals surface area contributed by atoms with E-state index in [1.165, 1.54) is 18.2 Å². The van der Waals surface area contributed by atoms with E-state index in [-0.39, 0.29) is 28.7 Å². The lowest BCUT2D eigenvalue weighted by molar-refractivity contribution is 0.398. The van der Waals surface area contributed by atoms with Crippen LogP contribution in [-0.4, -0.2) is 5.11 Å². The monoisotopic (exact) mass is 710 g/mol. The molecule has 0 fully saturated rings. The summed E-state index contributed by atoms with van der Waals surface area (Å²) in [4.78, 5) is 0. The molecule has 3 nitrogen and oxygen atoms in total. The highest BCUT2D eigenvalue weighted by molar-refractivity contribution is 14.1. The third-order valence-corrected chi connectivity index (χ3v) is 5.83. The first-order chi connectivity index (χ1) is 12.8. The van der Waals surface area contributed by atoms with Gasteiger partial charge in [-0.2, -0.15) is 0 Å². The fourth-order valence-electron chi connectivity index (χ4n) is 2.09. The minimum atomic E-state index is -0.829. The van der Waals surface area contributed by atoms with Crippen molar-refractivity contribution in [2.45, 2.75) is 0 Å². The van der Waals surface area contributed by atoms with Gasteiger partial charge in [0.05, 0.1) is 10.7 Å². The molecule has 0 radical (unpaired) electrons. The highest BCUT2D eigenvalue weighted by atomic mass is 127. The molecule has 0 aliphatic rings. The van der Waals surface area contributed by atoms with Gasteiger partial charge in [-0.3, -0.25) is 0 Å². The van der Waals surface area contributed by atoms with E-state index in [4.69, 9.17) is 9.47 Å². The van der Waals surface area contributed by atoms with Crippen molar-refractivity contribution in [2.75, 3.05) is 0 Å². The molecule has 3 aromatic rings. The van der Waals surface area contributed by atoms with Gasteiger partial charge in [-0.1, -0.05) is 6.07 Å². The Morgan fingerprint density at radius 1 is 0.741 bits per heavy atom. The lowest BCUT2D eigenvalue weighted by Crippen LogP contribution is -1.97. The minimum absolute atomic E-state index is 0.0371. The van der Waals surface area contributed by atoms with E-state index in [9.17, 15) is 18.3 Å². The maximum atomic E-state index is 14.5. The molecule has 0 aliphatic carbocycles. The van der Waals surface area contributed by atoms with Crippen molar-refractivity contribution in [1.82, 2.24) is 0 Å². The van der Waals surface area contributed by atoms with E-state index in [1.807, 2.05) is 45.2 Å². The molecule has 0 spiro atoms. The van der Waals surface area contributed by atoms with Gasteiger partial charge in [-0.15, -0.1) is 0 Å². The Labute approximate surface area is 193 Å². The van der Waals surface area contributed by atoms with Crippen LogP contribution >= 0.6 is 67.8 Å². The molecular weight excluding hydrogens is 702 g/mol. The van der Waals surface area contributed by atoms with Crippen molar-refractivity contribution in [3.63, 3.8) is 0 Å². The summed E-state index contributed by atoms with van der Waals surface area (Å²) in [6.45, 7) is 0. The van der Waals surface area contributed by atoms with Gasteiger partial charge in [-0.25, -0.2) is 13.2 Å². The van der Waals surface area contributed by atoms with Crippen LogP contribution in [0.15, 0.2) is 42.5 Å². The molecule has 0 heterocycles. The first-order valence-electron chi connectivity index (χ1n) is 7.23. The zero-order valence-corrected chi connectivity index (χ0v) is 19.5. The molecule has 0 aliphatic heterocycles. The van der Waals surface area contributed by atoms with Crippen LogP contribution in [0, 0.1) is 28.2 Å². The third-order valence-electron chi connectivity index (χ3n) is 3.33. The van der Waals surface area contributed by atoms with E-state index in [1.54, 1.807) is 34.7 Å². The predicted molar refractivity (Wildman–Crippen MR) is 119 cm³/mol. The van der Waals surface area contributed by atoms with E-state index < -0.39 is 17.5 Å². The molecular formula is C18H8F3I3O3. The van der Waals surface area contributed by atoms with Crippen LogP contribution in [0.3, 0.4) is 0 Å². The van der Waals surface area contributed by atoms with E-state index >= 15 is 0 Å². The van der Waals surface area contributed by atoms with Crippen LogP contribution in [-0.2, 0) is 0 Å². The quantitative estimate of drug-likeness (QED) is 0.291. The minimum Gasteiger partial charge on any atom is -0.507 e. The third kappa shape index (κ3) is 4.72. The SMILES string of the molecule is Oc1cc(F)c(Oc2c(F)cc(Oc3cccc(I)c3F)cc2I)cc1I. The van der Waals surface area contributed by atoms with Gasteiger partial charge >= 0.3 is 0 Å². The van der Waals surface area contributed by atoms with E-state index in [2.05, 4.69) is 0 Å². The summed E-state index contributed by atoms with van der Waals surface area (Å²) in [7, 11) is 0. The van der Waals surface area contributed by atoms with Crippen LogP contribution in [0.1, 0.15) is 0 Å². The van der Waals surface area contributed by atoms with Crippen LogP contribution in [0.4, 0.5) is 13.2 Å². The summed E-state index contributed by atoms with van der Waals surface area (Å²) in [5.41, 5.74) is 0. The number of phenolic OH excluding ortho intramolecular Hbond substituents is 1. The molecule has 9 heteroatoms. The molecule has 3 aromatic carbocycles. The molecule has 0 saturated heterocycles. The molecule has 0 saturated carbocycles. The molecule has 1 N–H and O–H groups in total. The normalized spacial score (nSPS) is 10.7. The Bertz CT molecular complexity index is 1010. The maximum absolute atomic E-state index is 14.5. The average molecular weight is 710 g/mol. The van der Waals surface area contributed by atoms with Gasteiger partial charge in [0, 0.05) is 18.2 Å². The summed E-state index contributed by atoms with van der Waals surface area (Å²) in [6.07, 6.45) is 0. The average Bonchev–Trinajstić information content (AvgIpc) is 2.59. The predicted octanol–water partition coefficient (Wildman–Crippen LogP) is 7.21. The van der Waals surface area contributed by atoms with Gasteiger partial charge in [0.2, 0.25) is 0 Å². The molecule has 0 aromatic heterocycles. The Morgan fingerprint density at radius 3 is 2.19 bits per heavy atom. The van der Waals surface area contributed by atoms with E-state index in [0.29, 0.717) is 10.7 Å². The number of rotatable bonds is 4. The topological polar surface area (TPSA) is 38.7 Å². The van der Waals surface area contributed by atoms with Crippen LogP contribution < -0.4 is 9.47 Å². The summed E-state index contributed by atoms with van der Waals surface area (Å²) in [5, 5.41) is 9.49. The summed E-state index contributed by atoms with van der Waals surface area (Å²) in [5.74, 6) is -2.81. The van der Waals surface area contributed by atoms with E-state index in [0.717, 1.165) is 12.1 Å². The second-order valence-electron chi connectivity index (χ2n) is 5.21. The smallest absolute Gasteiger partial charge is 0.178 e. The largest absolute Gasteiger partial charge is 0.507 e. The number of hydrogen-bond acceptors (Lipinski definition) is 3. The summed E-state index contributed by atoms with van der Waals surface area (Å²) < 4.78 is 54.3. The zero-order chi connectivity index (χ0) is 19.7. The van der Waals surface area contributed by atoms with Gasteiger partial charge in [-0.05, 0) is 86.0 Å². The van der Waals surface area contributed by atoms with Crippen molar-refractivity contribution in [3.05, 3.63) is 70.6 Å². The highest BCUT2D eigenvalue weighted by Crippen LogP contribution is 2.37.